The maximum absolute atomic E-state index is 10.7. The summed E-state index contributed by atoms with van der Waals surface area (Å²) in [6.07, 6.45) is -1.38. The summed E-state index contributed by atoms with van der Waals surface area (Å²) in [5.74, 6) is -0.379. The maximum atomic E-state index is 10.7. The molecular weight excluding hydrogens is 290 g/mol. The van der Waals surface area contributed by atoms with Crippen molar-refractivity contribution in [2.45, 2.75) is 24.8 Å². The van der Waals surface area contributed by atoms with Crippen molar-refractivity contribution in [1.82, 2.24) is 4.98 Å². The Morgan fingerprint density at radius 1 is 1.43 bits per heavy atom. The number of aromatic nitrogens is 1. The summed E-state index contributed by atoms with van der Waals surface area (Å²) in [6.45, 7) is 4.37. The molecule has 1 heterocycles. The first-order valence-corrected chi connectivity index (χ1v) is 7.57. The van der Waals surface area contributed by atoms with Crippen molar-refractivity contribution < 1.29 is 19.7 Å². The van der Waals surface area contributed by atoms with Crippen LogP contribution < -0.4 is 4.74 Å². The quantitative estimate of drug-likeness (QED) is 0.798. The summed E-state index contributed by atoms with van der Waals surface area (Å²) in [6, 6.07) is 7.52. The van der Waals surface area contributed by atoms with Crippen LogP contribution in [-0.2, 0) is 4.79 Å². The van der Waals surface area contributed by atoms with Gasteiger partial charge in [0.05, 0.1) is 12.1 Å². The van der Waals surface area contributed by atoms with Gasteiger partial charge in [-0.3, -0.25) is 4.98 Å². The number of carboxylic acids is 1. The maximum Gasteiger partial charge on any atom is 0.333 e. The summed E-state index contributed by atoms with van der Waals surface area (Å²) in [7, 11) is 0. The number of carbonyl (C=O) groups is 1. The van der Waals surface area contributed by atoms with Crippen LogP contribution in [0.15, 0.2) is 29.2 Å². The zero-order chi connectivity index (χ0) is 15.4. The normalized spacial score (nSPS) is 12.3. The fraction of sp³-hybridized carbons (Fsp3) is 0.333. The standard InChI is InChI=1S/C15H17NO4S/c1-3-20-10-4-5-12-11(7-10)14(6-9(2)16-12)21-8-13(17)15(18)19/h4-7,13,17H,3,8H2,1-2H3,(H,18,19). The van der Waals surface area contributed by atoms with E-state index >= 15 is 0 Å². The zero-order valence-electron chi connectivity index (χ0n) is 11.9. The molecule has 0 radical (unpaired) electrons. The van der Waals surface area contributed by atoms with Crippen LogP contribution in [0.5, 0.6) is 5.75 Å². The van der Waals surface area contributed by atoms with Gasteiger partial charge in [-0.2, -0.15) is 0 Å². The van der Waals surface area contributed by atoms with E-state index < -0.39 is 12.1 Å². The molecule has 0 aliphatic rings. The lowest BCUT2D eigenvalue weighted by Crippen LogP contribution is -2.21. The van der Waals surface area contributed by atoms with E-state index in [1.807, 2.05) is 38.1 Å². The van der Waals surface area contributed by atoms with E-state index in [9.17, 15) is 9.90 Å². The number of ether oxygens (including phenoxy) is 1. The molecule has 0 amide bonds. The number of hydrogen-bond acceptors (Lipinski definition) is 5. The van der Waals surface area contributed by atoms with Crippen LogP contribution in [0.4, 0.5) is 0 Å². The Bertz CT molecular complexity index is 659. The first-order chi connectivity index (χ1) is 10.0. The van der Waals surface area contributed by atoms with E-state index in [1.54, 1.807) is 0 Å². The van der Waals surface area contributed by atoms with Crippen LogP contribution in [0, 0.1) is 6.92 Å². The van der Waals surface area contributed by atoms with Crippen LogP contribution in [-0.4, -0.2) is 39.6 Å². The molecule has 112 valence electrons. The van der Waals surface area contributed by atoms with Crippen LogP contribution in [0.25, 0.3) is 10.9 Å². The lowest BCUT2D eigenvalue weighted by atomic mass is 10.2. The third-order valence-corrected chi connectivity index (χ3v) is 3.99. The Kier molecular flexibility index (Phi) is 5.03. The summed E-state index contributed by atoms with van der Waals surface area (Å²) in [4.78, 5) is 16.0. The second-order valence-corrected chi connectivity index (χ2v) is 5.60. The number of rotatable bonds is 6. The summed E-state index contributed by atoms with van der Waals surface area (Å²) in [5.41, 5.74) is 1.67. The van der Waals surface area contributed by atoms with Gasteiger partial charge in [0.2, 0.25) is 0 Å². The number of fused-ring (bicyclic) bond motifs is 1. The highest BCUT2D eigenvalue weighted by Gasteiger charge is 2.15. The van der Waals surface area contributed by atoms with Crippen LogP contribution >= 0.6 is 11.8 Å². The third kappa shape index (κ3) is 3.86. The summed E-state index contributed by atoms with van der Waals surface area (Å²) < 4.78 is 5.48. The summed E-state index contributed by atoms with van der Waals surface area (Å²) >= 11 is 1.30. The number of pyridine rings is 1. The Hall–Kier alpha value is -1.79. The SMILES string of the molecule is CCOc1ccc2nc(C)cc(SCC(O)C(=O)O)c2c1. The molecule has 6 heteroatoms. The minimum atomic E-state index is -1.38. The Labute approximate surface area is 127 Å². The number of hydrogen-bond donors (Lipinski definition) is 2. The van der Waals surface area contributed by atoms with Gasteiger partial charge in [-0.25, -0.2) is 4.79 Å². The Balaban J connectivity index is 2.35. The number of nitrogens with zero attached hydrogens (tertiary/aromatic N) is 1. The first kappa shape index (κ1) is 15.6. The van der Waals surface area contributed by atoms with Gasteiger partial charge in [-0.1, -0.05) is 0 Å². The Morgan fingerprint density at radius 2 is 2.19 bits per heavy atom. The molecule has 1 unspecified atom stereocenters. The molecular formula is C15H17NO4S. The molecule has 1 aromatic heterocycles. The molecule has 1 atom stereocenters. The number of benzene rings is 1. The van der Waals surface area contributed by atoms with Gasteiger partial charge in [0.1, 0.15) is 5.75 Å². The van der Waals surface area contributed by atoms with E-state index in [2.05, 4.69) is 4.98 Å². The molecule has 0 saturated heterocycles. The van der Waals surface area contributed by atoms with Gasteiger partial charge in [0.25, 0.3) is 0 Å². The fourth-order valence-corrected chi connectivity index (χ4v) is 2.97. The molecule has 0 fully saturated rings. The molecule has 21 heavy (non-hydrogen) atoms. The van der Waals surface area contributed by atoms with E-state index in [4.69, 9.17) is 9.84 Å². The van der Waals surface area contributed by atoms with E-state index in [1.165, 1.54) is 11.8 Å². The van der Waals surface area contributed by atoms with Crippen LogP contribution in [0.2, 0.25) is 0 Å². The number of aliphatic hydroxyl groups excluding tert-OH is 1. The molecule has 2 rings (SSSR count). The topological polar surface area (TPSA) is 79.7 Å². The monoisotopic (exact) mass is 307 g/mol. The lowest BCUT2D eigenvalue weighted by Gasteiger charge is -2.11. The first-order valence-electron chi connectivity index (χ1n) is 6.59. The van der Waals surface area contributed by atoms with Crippen LogP contribution in [0.3, 0.4) is 0 Å². The molecule has 0 spiro atoms. The van der Waals surface area contributed by atoms with Gasteiger partial charge in [-0.05, 0) is 38.1 Å². The molecule has 0 aliphatic carbocycles. The number of aryl methyl sites for hydroxylation is 1. The highest BCUT2D eigenvalue weighted by atomic mass is 32.2. The van der Waals surface area contributed by atoms with E-state index in [-0.39, 0.29) is 5.75 Å². The number of aliphatic hydroxyl groups is 1. The van der Waals surface area contributed by atoms with Gasteiger partial charge in [0, 0.05) is 21.7 Å². The highest BCUT2D eigenvalue weighted by molar-refractivity contribution is 7.99. The smallest absolute Gasteiger partial charge is 0.333 e. The molecule has 2 aromatic rings. The van der Waals surface area contributed by atoms with Crippen molar-refractivity contribution in [3.8, 4) is 5.75 Å². The van der Waals surface area contributed by atoms with Gasteiger partial charge >= 0.3 is 5.97 Å². The van der Waals surface area contributed by atoms with Crippen molar-refractivity contribution in [2.75, 3.05) is 12.4 Å². The molecule has 0 saturated carbocycles. The molecule has 0 aliphatic heterocycles. The molecule has 5 nitrogen and oxygen atoms in total. The van der Waals surface area contributed by atoms with Crippen LogP contribution in [0.1, 0.15) is 12.6 Å². The van der Waals surface area contributed by atoms with Gasteiger partial charge < -0.3 is 14.9 Å². The third-order valence-electron chi connectivity index (χ3n) is 2.86. The predicted octanol–water partition coefficient (Wildman–Crippen LogP) is 2.48. The molecule has 2 N–H and O–H groups in total. The minimum absolute atomic E-state index is 0.0900. The average molecular weight is 307 g/mol. The van der Waals surface area contributed by atoms with Crippen molar-refractivity contribution in [3.63, 3.8) is 0 Å². The number of carboxylic acid groups (broad SMARTS) is 1. The van der Waals surface area contributed by atoms with Crippen molar-refractivity contribution in [1.29, 1.82) is 0 Å². The predicted molar refractivity (Wildman–Crippen MR) is 82.0 cm³/mol. The zero-order valence-corrected chi connectivity index (χ0v) is 12.7. The Morgan fingerprint density at radius 3 is 2.86 bits per heavy atom. The number of aliphatic carboxylic acids is 1. The van der Waals surface area contributed by atoms with Crippen molar-refractivity contribution in [3.05, 3.63) is 30.0 Å². The number of thioether (sulfide) groups is 1. The van der Waals surface area contributed by atoms with E-state index in [0.29, 0.717) is 6.61 Å². The average Bonchev–Trinajstić information content (AvgIpc) is 2.44. The van der Waals surface area contributed by atoms with Crippen molar-refractivity contribution >= 4 is 28.6 Å². The lowest BCUT2D eigenvalue weighted by molar-refractivity contribution is -0.145. The van der Waals surface area contributed by atoms with Gasteiger partial charge in [0.15, 0.2) is 6.10 Å². The second kappa shape index (κ2) is 6.78. The van der Waals surface area contributed by atoms with Gasteiger partial charge in [-0.15, -0.1) is 11.8 Å². The summed E-state index contributed by atoms with van der Waals surface area (Å²) in [5, 5.41) is 19.1. The fourth-order valence-electron chi connectivity index (χ4n) is 1.92. The molecule has 0 bridgehead atoms. The highest BCUT2D eigenvalue weighted by Crippen LogP contribution is 2.31. The largest absolute Gasteiger partial charge is 0.494 e. The van der Waals surface area contributed by atoms with Crippen molar-refractivity contribution in [2.24, 2.45) is 0 Å². The molecule has 1 aromatic carbocycles. The minimum Gasteiger partial charge on any atom is -0.494 e. The second-order valence-electron chi connectivity index (χ2n) is 4.54. The van der Waals surface area contributed by atoms with E-state index in [0.717, 1.165) is 27.2 Å².